The minimum absolute atomic E-state index is 0.493. The molecule has 0 spiro atoms. The predicted molar refractivity (Wildman–Crippen MR) is 54.1 cm³/mol. The lowest BCUT2D eigenvalue weighted by Gasteiger charge is -2.27. The molecule has 0 radical (unpaired) electrons. The first-order valence-corrected chi connectivity index (χ1v) is 4.97. The van der Waals surface area contributed by atoms with Crippen molar-refractivity contribution in [2.45, 2.75) is 57.1 Å². The number of nitrogens with two attached hydrogens (primary N) is 1. The van der Waals surface area contributed by atoms with Crippen LogP contribution in [0.3, 0.4) is 0 Å². The molecule has 0 aliphatic heterocycles. The molecule has 0 unspecified atom stereocenters. The van der Waals surface area contributed by atoms with Crippen LogP contribution in [0.1, 0.15) is 46.0 Å². The molecule has 0 bridgehead atoms. The quantitative estimate of drug-likeness (QED) is 0.555. The van der Waals surface area contributed by atoms with Crippen molar-refractivity contribution in [3.63, 3.8) is 0 Å². The first kappa shape index (κ1) is 10.6. The predicted octanol–water partition coefficient (Wildman–Crippen LogP) is 1.42. The Labute approximate surface area is 80.5 Å². The third-order valence-electron chi connectivity index (χ3n) is 2.30. The van der Waals surface area contributed by atoms with E-state index in [-0.39, 0.29) is 0 Å². The molecule has 0 atom stereocenters. The minimum Gasteiger partial charge on any atom is -0.378 e. The van der Waals surface area contributed by atoms with Crippen molar-refractivity contribution in [3.8, 4) is 11.8 Å². The molecule has 0 aromatic heterocycles. The van der Waals surface area contributed by atoms with Gasteiger partial charge in [0.15, 0.2) is 0 Å². The van der Waals surface area contributed by atoms with Gasteiger partial charge in [-0.15, -0.1) is 0 Å². The summed E-state index contributed by atoms with van der Waals surface area (Å²) in [4.78, 5) is 0. The highest BCUT2D eigenvalue weighted by Crippen LogP contribution is 2.27. The average molecular weight is 181 g/mol. The third-order valence-corrected chi connectivity index (χ3v) is 2.30. The summed E-state index contributed by atoms with van der Waals surface area (Å²) in [6.07, 6.45) is 4.98. The third kappa shape index (κ3) is 3.80. The monoisotopic (exact) mass is 181 g/mol. The van der Waals surface area contributed by atoms with Gasteiger partial charge in [-0.3, -0.25) is 0 Å². The topological polar surface area (TPSA) is 46.2 Å². The molecule has 2 nitrogen and oxygen atoms in total. The standard InChI is InChI=1S/C11H19NO/c1-10(2,12)8-9-11(13)6-4-3-5-7-11/h13H,3-7,12H2,1-2H3. The Morgan fingerprint density at radius 1 is 1.23 bits per heavy atom. The fraction of sp³-hybridized carbons (Fsp3) is 0.818. The fourth-order valence-electron chi connectivity index (χ4n) is 1.54. The van der Waals surface area contributed by atoms with Gasteiger partial charge in [-0.05, 0) is 39.5 Å². The summed E-state index contributed by atoms with van der Waals surface area (Å²) in [5.41, 5.74) is 4.48. The zero-order valence-electron chi connectivity index (χ0n) is 8.56. The van der Waals surface area contributed by atoms with E-state index in [1.165, 1.54) is 6.42 Å². The molecule has 1 fully saturated rings. The van der Waals surface area contributed by atoms with Crippen LogP contribution in [-0.2, 0) is 0 Å². The van der Waals surface area contributed by atoms with Crippen molar-refractivity contribution in [3.05, 3.63) is 0 Å². The Morgan fingerprint density at radius 3 is 2.23 bits per heavy atom. The van der Waals surface area contributed by atoms with E-state index in [0.717, 1.165) is 25.7 Å². The van der Waals surface area contributed by atoms with E-state index in [9.17, 15) is 5.11 Å². The Bertz CT molecular complexity index is 223. The Balaban J connectivity index is 2.63. The van der Waals surface area contributed by atoms with Crippen LogP contribution in [0.4, 0.5) is 0 Å². The molecule has 2 heteroatoms. The van der Waals surface area contributed by atoms with Gasteiger partial charge in [0.1, 0.15) is 5.60 Å². The van der Waals surface area contributed by atoms with Gasteiger partial charge in [0.2, 0.25) is 0 Å². The van der Waals surface area contributed by atoms with Crippen LogP contribution >= 0.6 is 0 Å². The summed E-state index contributed by atoms with van der Waals surface area (Å²) in [6.45, 7) is 3.71. The van der Waals surface area contributed by atoms with E-state index in [1.54, 1.807) is 0 Å². The molecule has 74 valence electrons. The van der Waals surface area contributed by atoms with E-state index in [4.69, 9.17) is 5.73 Å². The van der Waals surface area contributed by atoms with Crippen molar-refractivity contribution in [2.24, 2.45) is 5.73 Å². The zero-order chi connectivity index (χ0) is 9.95. The fourth-order valence-corrected chi connectivity index (χ4v) is 1.54. The van der Waals surface area contributed by atoms with Crippen LogP contribution in [-0.4, -0.2) is 16.2 Å². The molecule has 0 aromatic rings. The highest BCUT2D eigenvalue weighted by atomic mass is 16.3. The lowest BCUT2D eigenvalue weighted by atomic mass is 9.85. The molecule has 1 rings (SSSR count). The van der Waals surface area contributed by atoms with Crippen LogP contribution in [0.2, 0.25) is 0 Å². The number of hydrogen-bond acceptors (Lipinski definition) is 2. The van der Waals surface area contributed by atoms with Crippen molar-refractivity contribution in [2.75, 3.05) is 0 Å². The summed E-state index contributed by atoms with van der Waals surface area (Å²) in [6, 6.07) is 0. The Kier molecular flexibility index (Phi) is 3.00. The first-order valence-electron chi connectivity index (χ1n) is 4.97. The SMILES string of the molecule is CC(C)(N)C#CC1(O)CCCCC1. The normalized spacial score (nSPS) is 21.8. The van der Waals surface area contributed by atoms with Gasteiger partial charge in [0.05, 0.1) is 5.54 Å². The van der Waals surface area contributed by atoms with Crippen molar-refractivity contribution < 1.29 is 5.11 Å². The Hall–Kier alpha value is -0.520. The summed E-state index contributed by atoms with van der Waals surface area (Å²) < 4.78 is 0. The summed E-state index contributed by atoms with van der Waals surface area (Å²) >= 11 is 0. The van der Waals surface area contributed by atoms with E-state index in [1.807, 2.05) is 13.8 Å². The highest BCUT2D eigenvalue weighted by Gasteiger charge is 2.26. The van der Waals surface area contributed by atoms with Crippen molar-refractivity contribution in [1.82, 2.24) is 0 Å². The summed E-state index contributed by atoms with van der Waals surface area (Å²) in [5.74, 6) is 5.83. The van der Waals surface area contributed by atoms with Gasteiger partial charge in [0, 0.05) is 0 Å². The van der Waals surface area contributed by atoms with Gasteiger partial charge < -0.3 is 10.8 Å². The van der Waals surface area contributed by atoms with Gasteiger partial charge in [-0.1, -0.05) is 18.3 Å². The lowest BCUT2D eigenvalue weighted by molar-refractivity contribution is 0.0608. The smallest absolute Gasteiger partial charge is 0.125 e. The largest absolute Gasteiger partial charge is 0.378 e. The number of aliphatic hydroxyl groups is 1. The summed E-state index contributed by atoms with van der Waals surface area (Å²) in [5, 5.41) is 10.0. The second-order valence-electron chi connectivity index (χ2n) is 4.56. The van der Waals surface area contributed by atoms with Crippen LogP contribution in [0.15, 0.2) is 0 Å². The molecule has 13 heavy (non-hydrogen) atoms. The number of rotatable bonds is 0. The van der Waals surface area contributed by atoms with Crippen molar-refractivity contribution in [1.29, 1.82) is 0 Å². The van der Waals surface area contributed by atoms with E-state index in [2.05, 4.69) is 11.8 Å². The highest BCUT2D eigenvalue weighted by molar-refractivity contribution is 5.21. The van der Waals surface area contributed by atoms with Gasteiger partial charge in [-0.2, -0.15) is 0 Å². The van der Waals surface area contributed by atoms with Gasteiger partial charge >= 0.3 is 0 Å². The van der Waals surface area contributed by atoms with Gasteiger partial charge in [0.25, 0.3) is 0 Å². The second-order valence-corrected chi connectivity index (χ2v) is 4.56. The molecular formula is C11H19NO. The maximum absolute atomic E-state index is 10.0. The first-order chi connectivity index (χ1) is 5.91. The lowest BCUT2D eigenvalue weighted by Crippen LogP contribution is -2.33. The average Bonchev–Trinajstić information content (AvgIpc) is 2.02. The van der Waals surface area contributed by atoms with E-state index >= 15 is 0 Å². The van der Waals surface area contributed by atoms with Crippen molar-refractivity contribution >= 4 is 0 Å². The summed E-state index contributed by atoms with van der Waals surface area (Å²) in [7, 11) is 0. The van der Waals surface area contributed by atoms with Crippen LogP contribution in [0.5, 0.6) is 0 Å². The molecule has 3 N–H and O–H groups in total. The maximum Gasteiger partial charge on any atom is 0.125 e. The second kappa shape index (κ2) is 3.69. The van der Waals surface area contributed by atoms with Gasteiger partial charge in [-0.25, -0.2) is 0 Å². The molecule has 0 aromatic carbocycles. The zero-order valence-corrected chi connectivity index (χ0v) is 8.56. The van der Waals surface area contributed by atoms with Crippen LogP contribution in [0, 0.1) is 11.8 Å². The van der Waals surface area contributed by atoms with Crippen LogP contribution < -0.4 is 5.73 Å². The van der Waals surface area contributed by atoms with Crippen LogP contribution in [0.25, 0.3) is 0 Å². The van der Waals surface area contributed by atoms with E-state index < -0.39 is 11.1 Å². The van der Waals surface area contributed by atoms with E-state index in [0.29, 0.717) is 0 Å². The molecule has 0 heterocycles. The Morgan fingerprint density at radius 2 is 1.77 bits per heavy atom. The minimum atomic E-state index is -0.755. The molecule has 1 aliphatic carbocycles. The number of hydrogen-bond donors (Lipinski definition) is 2. The molecular weight excluding hydrogens is 162 g/mol. The molecule has 1 aliphatic rings. The molecule has 1 saturated carbocycles. The molecule has 0 saturated heterocycles. The molecule has 0 amide bonds. The maximum atomic E-state index is 10.0.